The summed E-state index contributed by atoms with van der Waals surface area (Å²) in [6.07, 6.45) is 0.922. The molecule has 0 radical (unpaired) electrons. The van der Waals surface area contributed by atoms with Gasteiger partial charge in [-0.3, -0.25) is 4.79 Å². The lowest BCUT2D eigenvalue weighted by Crippen LogP contribution is -2.30. The molecule has 4 nitrogen and oxygen atoms in total. The van der Waals surface area contributed by atoms with Gasteiger partial charge in [-0.2, -0.15) is 0 Å². The Morgan fingerprint density at radius 1 is 0.417 bits per heavy atom. The van der Waals surface area contributed by atoms with E-state index in [4.69, 9.17) is 4.42 Å². The van der Waals surface area contributed by atoms with Gasteiger partial charge in [0, 0.05) is 50.2 Å². The van der Waals surface area contributed by atoms with Gasteiger partial charge in [0.2, 0.25) is 0 Å². The van der Waals surface area contributed by atoms with Crippen LogP contribution in [-0.4, -0.2) is 5.78 Å². The summed E-state index contributed by atoms with van der Waals surface area (Å²) in [6, 6.07) is 56.9. The highest BCUT2D eigenvalue weighted by Crippen LogP contribution is 2.57. The highest BCUT2D eigenvalue weighted by molar-refractivity contribution is 6.22. The van der Waals surface area contributed by atoms with E-state index in [1.807, 2.05) is 24.3 Å². The molecule has 60 heavy (non-hydrogen) atoms. The van der Waals surface area contributed by atoms with Crippen molar-refractivity contribution in [3.05, 3.63) is 202 Å². The quantitative estimate of drug-likeness (QED) is 0.175. The van der Waals surface area contributed by atoms with Gasteiger partial charge in [0.1, 0.15) is 11.2 Å². The Bertz CT molecular complexity index is 3400. The predicted octanol–water partition coefficient (Wildman–Crippen LogP) is 14.6. The Kier molecular flexibility index (Phi) is 6.48. The van der Waals surface area contributed by atoms with Crippen LogP contribution >= 0.6 is 0 Å². The minimum atomic E-state index is -0.262. The van der Waals surface area contributed by atoms with E-state index in [0.29, 0.717) is 0 Å². The van der Waals surface area contributed by atoms with Crippen LogP contribution in [0.3, 0.4) is 0 Å². The zero-order chi connectivity index (χ0) is 40.2. The van der Waals surface area contributed by atoms with Gasteiger partial charge in [0.15, 0.2) is 5.78 Å². The maximum absolute atomic E-state index is 14.3. The van der Waals surface area contributed by atoms with Crippen molar-refractivity contribution in [2.75, 3.05) is 9.80 Å². The molecule has 0 N–H and O–H groups in total. The van der Waals surface area contributed by atoms with Crippen molar-refractivity contribution in [3.8, 4) is 22.3 Å². The van der Waals surface area contributed by atoms with E-state index in [-0.39, 0.29) is 16.6 Å². The van der Waals surface area contributed by atoms with E-state index in [2.05, 4.69) is 171 Å². The summed E-state index contributed by atoms with van der Waals surface area (Å²) < 4.78 is 6.49. The number of para-hydroxylation sites is 3. The van der Waals surface area contributed by atoms with Crippen molar-refractivity contribution in [1.82, 2.24) is 0 Å². The lowest BCUT2D eigenvalue weighted by atomic mass is 9.72. The summed E-state index contributed by atoms with van der Waals surface area (Å²) in [4.78, 5) is 19.1. The summed E-state index contributed by atoms with van der Waals surface area (Å²) in [6.45, 7) is 9.35. The van der Waals surface area contributed by atoms with E-state index in [1.165, 1.54) is 55.9 Å². The average molecular weight is 773 g/mol. The number of rotatable bonds is 2. The zero-order valence-corrected chi connectivity index (χ0v) is 33.9. The molecule has 8 aromatic carbocycles. The Morgan fingerprint density at radius 3 is 1.67 bits per heavy atom. The summed E-state index contributed by atoms with van der Waals surface area (Å²) in [5, 5.41) is 2.24. The van der Waals surface area contributed by atoms with Crippen LogP contribution in [0.2, 0.25) is 0 Å². The van der Waals surface area contributed by atoms with Crippen LogP contribution in [0.5, 0.6) is 0 Å². The molecule has 2 aliphatic carbocycles. The fourth-order valence-corrected chi connectivity index (χ4v) is 11.1. The van der Waals surface area contributed by atoms with E-state index >= 15 is 0 Å². The van der Waals surface area contributed by atoms with Crippen LogP contribution < -0.4 is 9.80 Å². The second-order valence-electron chi connectivity index (χ2n) is 18.1. The molecule has 286 valence electrons. The first kappa shape index (κ1) is 33.8. The molecular weight excluding hydrogens is 733 g/mol. The van der Waals surface area contributed by atoms with Gasteiger partial charge >= 0.3 is 0 Å². The van der Waals surface area contributed by atoms with E-state index in [0.717, 1.165) is 73.4 Å². The third-order valence-electron chi connectivity index (χ3n) is 14.2. The molecule has 0 unspecified atom stereocenters. The van der Waals surface area contributed by atoms with Crippen molar-refractivity contribution in [3.63, 3.8) is 0 Å². The van der Waals surface area contributed by atoms with Gasteiger partial charge in [-0.15, -0.1) is 0 Å². The first-order valence-corrected chi connectivity index (χ1v) is 21.0. The summed E-state index contributed by atoms with van der Waals surface area (Å²) in [5.74, 6) is 0.0684. The molecule has 4 aliphatic rings. The number of carbonyl (C=O) groups is 1. The number of nitrogens with zero attached hydrogens (tertiary/aromatic N) is 2. The van der Waals surface area contributed by atoms with E-state index in [9.17, 15) is 4.79 Å². The Hall–Kier alpha value is -7.17. The molecule has 13 rings (SSSR count). The van der Waals surface area contributed by atoms with Gasteiger partial charge in [-0.05, 0) is 135 Å². The molecule has 2 aliphatic heterocycles. The number of ketones is 1. The third-order valence-corrected chi connectivity index (χ3v) is 14.2. The molecule has 0 fully saturated rings. The Labute approximate surface area is 349 Å². The minimum Gasteiger partial charge on any atom is -0.456 e. The molecule has 3 heterocycles. The maximum Gasteiger partial charge on any atom is 0.194 e. The van der Waals surface area contributed by atoms with E-state index < -0.39 is 0 Å². The van der Waals surface area contributed by atoms with Crippen LogP contribution in [0.4, 0.5) is 34.1 Å². The third kappa shape index (κ3) is 4.32. The van der Waals surface area contributed by atoms with Crippen LogP contribution in [0, 0.1) is 0 Å². The normalized spacial score (nSPS) is 15.8. The molecule has 0 spiro atoms. The number of fused-ring (bicyclic) bond motifs is 13. The Morgan fingerprint density at radius 2 is 0.983 bits per heavy atom. The Balaban J connectivity index is 0.992. The highest BCUT2D eigenvalue weighted by atomic mass is 16.3. The molecule has 1 aromatic heterocycles. The molecule has 0 amide bonds. The summed E-state index contributed by atoms with van der Waals surface area (Å²) >= 11 is 0. The van der Waals surface area contributed by atoms with Crippen molar-refractivity contribution in [2.45, 2.75) is 44.9 Å². The molecule has 0 atom stereocenters. The minimum absolute atomic E-state index is 0.0684. The van der Waals surface area contributed by atoms with Crippen LogP contribution in [0.15, 0.2) is 162 Å². The molecular formula is C56H40N2O2. The molecule has 9 aromatic rings. The number of benzene rings is 8. The predicted molar refractivity (Wildman–Crippen MR) is 244 cm³/mol. The van der Waals surface area contributed by atoms with Gasteiger partial charge in [0.25, 0.3) is 0 Å². The molecule has 0 saturated heterocycles. The number of anilines is 6. The van der Waals surface area contributed by atoms with Crippen molar-refractivity contribution in [2.24, 2.45) is 0 Å². The van der Waals surface area contributed by atoms with Crippen LogP contribution in [0.1, 0.15) is 77.0 Å². The zero-order valence-electron chi connectivity index (χ0n) is 33.9. The largest absolute Gasteiger partial charge is 0.456 e. The lowest BCUT2D eigenvalue weighted by Gasteiger charge is -2.42. The molecule has 0 bridgehead atoms. The SMILES string of the molecule is CC1(C)c2ccccc2N(c2ccc3c(c2)-c2cc(N4c5ccccc5C(C)(C)c5cc6c(cc54)oc4ccccc46)ccc2C3=O)c2cc3c(cc21)-c1ccccc1C3. The first-order valence-electron chi connectivity index (χ1n) is 21.0. The second-order valence-corrected chi connectivity index (χ2v) is 18.1. The average Bonchev–Trinajstić information content (AvgIpc) is 3.91. The summed E-state index contributed by atoms with van der Waals surface area (Å²) in [5.41, 5.74) is 21.8. The highest BCUT2D eigenvalue weighted by Gasteiger charge is 2.41. The molecule has 0 saturated carbocycles. The topological polar surface area (TPSA) is 36.7 Å². The van der Waals surface area contributed by atoms with Gasteiger partial charge in [0.05, 0.1) is 22.7 Å². The molecule has 4 heteroatoms. The fourth-order valence-electron chi connectivity index (χ4n) is 11.1. The van der Waals surface area contributed by atoms with Crippen molar-refractivity contribution < 1.29 is 9.21 Å². The first-order chi connectivity index (χ1) is 29.2. The van der Waals surface area contributed by atoms with Gasteiger partial charge in [-0.1, -0.05) is 107 Å². The number of hydrogen-bond donors (Lipinski definition) is 0. The second kappa shape index (κ2) is 11.5. The van der Waals surface area contributed by atoms with Gasteiger partial charge < -0.3 is 14.2 Å². The number of furan rings is 1. The van der Waals surface area contributed by atoms with Crippen molar-refractivity contribution in [1.29, 1.82) is 0 Å². The lowest BCUT2D eigenvalue weighted by molar-refractivity contribution is 0.104. The van der Waals surface area contributed by atoms with E-state index in [1.54, 1.807) is 0 Å². The van der Waals surface area contributed by atoms with Gasteiger partial charge in [-0.25, -0.2) is 0 Å². The monoisotopic (exact) mass is 772 g/mol. The van der Waals surface area contributed by atoms with Crippen molar-refractivity contribution >= 4 is 61.8 Å². The van der Waals surface area contributed by atoms with Crippen LogP contribution in [0.25, 0.3) is 44.2 Å². The smallest absolute Gasteiger partial charge is 0.194 e. The maximum atomic E-state index is 14.3. The summed E-state index contributed by atoms with van der Waals surface area (Å²) in [7, 11) is 0. The standard InChI is InChI=1S/C56H40N2O2/c1-55(2)44-16-8-10-18-48(44)57(50-26-33-25-32-13-5-6-14-36(32)40(33)29-46(50)55)34-21-23-38-41(27-34)42-28-35(22-24-39(42)54(38)59)58-49-19-11-9-17-45(49)56(3,4)47-30-43-37-15-7-12-20-52(37)60-53(43)31-51(47)58/h5-24,26-31H,25H2,1-4H3. The van der Waals surface area contributed by atoms with Crippen LogP contribution in [-0.2, 0) is 17.3 Å². The number of hydrogen-bond acceptors (Lipinski definition) is 4. The number of carbonyl (C=O) groups excluding carboxylic acids is 1. The fraction of sp³-hybridized carbons (Fsp3) is 0.125.